The van der Waals surface area contributed by atoms with Crippen LogP contribution >= 0.6 is 0 Å². The lowest BCUT2D eigenvalue weighted by Gasteiger charge is -2.41. The lowest BCUT2D eigenvalue weighted by molar-refractivity contribution is -0.384. The predicted molar refractivity (Wildman–Crippen MR) is 148 cm³/mol. The topological polar surface area (TPSA) is 48.1 Å². The summed E-state index contributed by atoms with van der Waals surface area (Å²) in [6.45, 7) is 8.94. The first-order chi connectivity index (χ1) is 17.2. The Morgan fingerprint density at radius 3 is 2.03 bits per heavy atom. The Balaban J connectivity index is 1.74. The quantitative estimate of drug-likeness (QED) is 0.194. The van der Waals surface area contributed by atoms with Gasteiger partial charge in [0.1, 0.15) is 0 Å². The molecule has 4 heteroatoms. The molecule has 5 aromatic rings. The molecule has 0 atom stereocenters. The molecule has 0 saturated carbocycles. The summed E-state index contributed by atoms with van der Waals surface area (Å²) in [7, 11) is 0. The Hall–Kier alpha value is -3.92. The fourth-order valence-corrected chi connectivity index (χ4v) is 6.07. The van der Waals surface area contributed by atoms with Crippen LogP contribution in [0.25, 0.3) is 38.6 Å². The monoisotopic (exact) mass is 474 g/mol. The minimum atomic E-state index is -0.206. The molecule has 6 rings (SSSR count). The molecular weight excluding hydrogens is 444 g/mol. The third-order valence-electron chi connectivity index (χ3n) is 8.17. The summed E-state index contributed by atoms with van der Waals surface area (Å²) < 4.78 is 2.26. The molecule has 0 amide bonds. The number of rotatable bonds is 3. The lowest BCUT2D eigenvalue weighted by Crippen LogP contribution is -2.34. The number of aromatic nitrogens is 1. The molecule has 0 radical (unpaired) electrons. The van der Waals surface area contributed by atoms with Gasteiger partial charge in [-0.05, 0) is 70.7 Å². The molecule has 36 heavy (non-hydrogen) atoms. The van der Waals surface area contributed by atoms with E-state index in [0.717, 1.165) is 51.5 Å². The van der Waals surface area contributed by atoms with Crippen LogP contribution in [0.3, 0.4) is 0 Å². The first-order valence-corrected chi connectivity index (χ1v) is 12.6. The van der Waals surface area contributed by atoms with Crippen molar-refractivity contribution in [3.8, 4) is 16.8 Å². The van der Waals surface area contributed by atoms with Crippen molar-refractivity contribution in [2.24, 2.45) is 0 Å². The van der Waals surface area contributed by atoms with Crippen molar-refractivity contribution in [2.45, 2.75) is 51.4 Å². The second kappa shape index (κ2) is 7.79. The van der Waals surface area contributed by atoms with Crippen molar-refractivity contribution in [1.82, 2.24) is 4.57 Å². The van der Waals surface area contributed by atoms with E-state index in [9.17, 15) is 10.1 Å². The molecule has 1 aliphatic rings. The molecule has 0 aliphatic heterocycles. The van der Waals surface area contributed by atoms with E-state index in [1.54, 1.807) is 0 Å². The van der Waals surface area contributed by atoms with Crippen LogP contribution in [0, 0.1) is 10.1 Å². The van der Waals surface area contributed by atoms with Gasteiger partial charge in [0.05, 0.1) is 21.5 Å². The van der Waals surface area contributed by atoms with Gasteiger partial charge in [-0.25, -0.2) is 0 Å². The van der Waals surface area contributed by atoms with Crippen LogP contribution in [0.4, 0.5) is 5.69 Å². The predicted octanol–water partition coefficient (Wildman–Crippen LogP) is 8.71. The summed E-state index contributed by atoms with van der Waals surface area (Å²) in [4.78, 5) is 12.3. The van der Waals surface area contributed by atoms with Crippen molar-refractivity contribution in [3.05, 3.63) is 106 Å². The van der Waals surface area contributed by atoms with Crippen LogP contribution in [0.1, 0.15) is 51.7 Å². The second-order valence-corrected chi connectivity index (χ2v) is 11.3. The second-order valence-electron chi connectivity index (χ2n) is 11.3. The Kier molecular flexibility index (Phi) is 4.88. The van der Waals surface area contributed by atoms with Crippen LogP contribution in [-0.2, 0) is 10.8 Å². The average molecular weight is 475 g/mol. The van der Waals surface area contributed by atoms with Crippen molar-refractivity contribution in [2.75, 3.05) is 0 Å². The SMILES string of the molecule is CC1(C)CCC(C)(C)c2cc([N+](=O)[O-])c(-c3cccc4c3c3ccccc3n4-c3ccccc3)cc21. The highest BCUT2D eigenvalue weighted by molar-refractivity contribution is 6.16. The molecule has 1 aromatic heterocycles. The van der Waals surface area contributed by atoms with Gasteiger partial charge in [-0.2, -0.15) is 0 Å². The summed E-state index contributed by atoms with van der Waals surface area (Å²) in [6.07, 6.45) is 2.07. The molecule has 0 spiro atoms. The Bertz CT molecular complexity index is 1660. The maximum absolute atomic E-state index is 12.5. The van der Waals surface area contributed by atoms with Crippen LogP contribution in [-0.4, -0.2) is 9.49 Å². The van der Waals surface area contributed by atoms with Gasteiger partial charge in [-0.3, -0.25) is 10.1 Å². The lowest BCUT2D eigenvalue weighted by atomic mass is 9.62. The summed E-state index contributed by atoms with van der Waals surface area (Å²) in [5, 5.41) is 14.6. The van der Waals surface area contributed by atoms with Gasteiger partial charge in [-0.15, -0.1) is 0 Å². The maximum atomic E-state index is 12.5. The highest BCUT2D eigenvalue weighted by atomic mass is 16.6. The average Bonchev–Trinajstić information content (AvgIpc) is 3.21. The minimum absolute atomic E-state index is 0.0410. The zero-order valence-electron chi connectivity index (χ0n) is 21.2. The molecule has 0 fully saturated rings. The third kappa shape index (κ3) is 3.28. The number of para-hydroxylation sites is 2. The van der Waals surface area contributed by atoms with E-state index in [4.69, 9.17) is 0 Å². The Morgan fingerprint density at radius 2 is 1.33 bits per heavy atom. The molecule has 4 nitrogen and oxygen atoms in total. The van der Waals surface area contributed by atoms with Crippen molar-refractivity contribution in [3.63, 3.8) is 0 Å². The van der Waals surface area contributed by atoms with E-state index >= 15 is 0 Å². The molecular formula is C32H30N2O2. The molecule has 0 saturated heterocycles. The normalized spacial score (nSPS) is 16.2. The highest BCUT2D eigenvalue weighted by Crippen LogP contribution is 2.50. The van der Waals surface area contributed by atoms with Crippen molar-refractivity contribution < 1.29 is 4.92 Å². The van der Waals surface area contributed by atoms with E-state index in [1.165, 1.54) is 5.56 Å². The molecule has 0 unspecified atom stereocenters. The number of nitro benzene ring substituents is 1. The van der Waals surface area contributed by atoms with Gasteiger partial charge in [0, 0.05) is 22.5 Å². The smallest absolute Gasteiger partial charge is 0.277 e. The first-order valence-electron chi connectivity index (χ1n) is 12.6. The summed E-state index contributed by atoms with van der Waals surface area (Å²) in [5.74, 6) is 0. The van der Waals surface area contributed by atoms with Crippen LogP contribution in [0.2, 0.25) is 0 Å². The van der Waals surface area contributed by atoms with E-state index < -0.39 is 0 Å². The van der Waals surface area contributed by atoms with Gasteiger partial charge in [-0.1, -0.05) is 76.2 Å². The zero-order valence-corrected chi connectivity index (χ0v) is 21.2. The number of nitrogens with zero attached hydrogens (tertiary/aromatic N) is 2. The number of nitro groups is 1. The minimum Gasteiger partial charge on any atom is -0.309 e. The molecule has 0 bridgehead atoms. The van der Waals surface area contributed by atoms with Gasteiger partial charge in [0.15, 0.2) is 0 Å². The summed E-state index contributed by atoms with van der Waals surface area (Å²) in [5.41, 5.74) is 7.20. The van der Waals surface area contributed by atoms with E-state index in [1.807, 2.05) is 48.5 Å². The van der Waals surface area contributed by atoms with Gasteiger partial charge in [0.2, 0.25) is 0 Å². The Labute approximate surface area is 211 Å². The van der Waals surface area contributed by atoms with E-state index in [0.29, 0.717) is 5.56 Å². The Morgan fingerprint density at radius 1 is 0.722 bits per heavy atom. The molecule has 0 N–H and O–H groups in total. The van der Waals surface area contributed by atoms with Gasteiger partial charge in [0.25, 0.3) is 5.69 Å². The number of hydrogen-bond donors (Lipinski definition) is 0. The molecule has 180 valence electrons. The standard InChI is InChI=1S/C32H30N2O2/c1-31(2)17-18-32(3,4)26-20-29(34(35)36)24(19-25(26)31)22-14-10-16-28-30(22)23-13-8-9-15-27(23)33(28)21-11-6-5-7-12-21/h5-16,19-20H,17-18H2,1-4H3. The number of hydrogen-bond acceptors (Lipinski definition) is 2. The third-order valence-corrected chi connectivity index (χ3v) is 8.17. The number of fused-ring (bicyclic) bond motifs is 4. The van der Waals surface area contributed by atoms with Crippen molar-refractivity contribution >= 4 is 27.5 Å². The number of benzene rings is 4. The van der Waals surface area contributed by atoms with Crippen LogP contribution < -0.4 is 0 Å². The highest BCUT2D eigenvalue weighted by Gasteiger charge is 2.39. The summed E-state index contributed by atoms with van der Waals surface area (Å²) >= 11 is 0. The van der Waals surface area contributed by atoms with E-state index in [2.05, 4.69) is 68.7 Å². The van der Waals surface area contributed by atoms with Gasteiger partial charge < -0.3 is 4.57 Å². The molecule has 1 aliphatic carbocycles. The molecule has 1 heterocycles. The van der Waals surface area contributed by atoms with E-state index in [-0.39, 0.29) is 21.4 Å². The maximum Gasteiger partial charge on any atom is 0.277 e. The summed E-state index contributed by atoms with van der Waals surface area (Å²) in [6, 6.07) is 28.8. The van der Waals surface area contributed by atoms with Gasteiger partial charge >= 0.3 is 0 Å². The fraction of sp³-hybridized carbons (Fsp3) is 0.250. The first kappa shape index (κ1) is 22.5. The zero-order chi connectivity index (χ0) is 25.2. The van der Waals surface area contributed by atoms with Crippen LogP contribution in [0.5, 0.6) is 0 Å². The fourth-order valence-electron chi connectivity index (χ4n) is 6.07. The largest absolute Gasteiger partial charge is 0.309 e. The molecule has 4 aromatic carbocycles. The van der Waals surface area contributed by atoms with Crippen molar-refractivity contribution in [1.29, 1.82) is 0 Å². The van der Waals surface area contributed by atoms with Crippen LogP contribution in [0.15, 0.2) is 84.9 Å².